The Morgan fingerprint density at radius 1 is 0.493 bits per heavy atom. The highest BCUT2D eigenvalue weighted by atomic mass is 32.1. The zero-order valence-corrected chi connectivity index (χ0v) is 49.5. The number of benzene rings is 1. The van der Waals surface area contributed by atoms with Gasteiger partial charge < -0.3 is 0 Å². The summed E-state index contributed by atoms with van der Waals surface area (Å²) >= 11 is 11.1. The molecule has 7 aromatic rings. The molecular formula is C61H78N4S6. The lowest BCUT2D eigenvalue weighted by Crippen LogP contribution is -2.29. The van der Waals surface area contributed by atoms with Crippen LogP contribution in [-0.4, -0.2) is 21.4 Å². The summed E-state index contributed by atoms with van der Waals surface area (Å²) in [6.07, 6.45) is 19.7. The van der Waals surface area contributed by atoms with Crippen molar-refractivity contribution in [2.24, 2.45) is 29.1 Å². The Bertz CT molecular complexity index is 2920. The van der Waals surface area contributed by atoms with Gasteiger partial charge in [0.05, 0.1) is 41.6 Å². The van der Waals surface area contributed by atoms with Crippen molar-refractivity contribution >= 4 is 105 Å². The quantitative estimate of drug-likeness (QED) is 0.0592. The van der Waals surface area contributed by atoms with Gasteiger partial charge in [0.2, 0.25) is 0 Å². The van der Waals surface area contributed by atoms with Gasteiger partial charge in [-0.15, -0.1) is 68.0 Å². The summed E-state index contributed by atoms with van der Waals surface area (Å²) in [6, 6.07) is 18.5. The van der Waals surface area contributed by atoms with Crippen LogP contribution in [0.15, 0.2) is 66.3 Å². The van der Waals surface area contributed by atoms with E-state index in [0.29, 0.717) is 11.4 Å². The number of aromatic nitrogens is 2. The highest BCUT2D eigenvalue weighted by molar-refractivity contribution is 7.28. The van der Waals surface area contributed by atoms with Crippen LogP contribution in [0.2, 0.25) is 0 Å². The lowest BCUT2D eigenvalue weighted by atomic mass is 9.72. The summed E-state index contributed by atoms with van der Waals surface area (Å²) in [5.74, 6) is 2.99. The summed E-state index contributed by atoms with van der Waals surface area (Å²) in [5.41, 5.74) is 6.85. The molecule has 0 bridgehead atoms. The van der Waals surface area contributed by atoms with Crippen molar-refractivity contribution in [2.75, 3.05) is 0 Å². The Labute approximate surface area is 450 Å². The van der Waals surface area contributed by atoms with Crippen molar-refractivity contribution in [3.63, 3.8) is 0 Å². The lowest BCUT2D eigenvalue weighted by molar-refractivity contribution is 0.382. The number of nitrogens with one attached hydrogen (secondary N) is 2. The number of aryl methyl sites for hydroxylation is 2. The Morgan fingerprint density at radius 2 is 0.972 bits per heavy atom. The van der Waals surface area contributed by atoms with Crippen molar-refractivity contribution in [3.8, 4) is 40.7 Å². The number of rotatable bonds is 24. The van der Waals surface area contributed by atoms with Crippen LogP contribution < -0.4 is 0 Å². The number of nitrogens with zero attached hydrogens (tertiary/aromatic N) is 2. The van der Waals surface area contributed by atoms with E-state index in [4.69, 9.17) is 9.97 Å². The predicted octanol–water partition coefficient (Wildman–Crippen LogP) is 21.5. The molecule has 0 saturated heterocycles. The SMILES string of the molecule is CCC(C)(CC)C1=CC=C(c2ccc(-c3c4nc(-c5ccc(CCC(C)CCCC(C)C)s5)sc4c(-c4ccc(C(C)(C)CC)s4)c4nc(-c5ccc(CCC(C)CCCC(C)C)s5)sc34)s2)C(=N)C1=N. The molecule has 2 unspecified atom stereocenters. The second-order valence-electron chi connectivity index (χ2n) is 22.4. The first kappa shape index (κ1) is 53.9. The first-order valence-corrected chi connectivity index (χ1v) is 31.6. The maximum atomic E-state index is 9.36. The Balaban J connectivity index is 1.26. The van der Waals surface area contributed by atoms with Gasteiger partial charge in [-0.1, -0.05) is 134 Å². The predicted molar refractivity (Wildman–Crippen MR) is 322 cm³/mol. The molecule has 6 aromatic heterocycles. The van der Waals surface area contributed by atoms with Gasteiger partial charge in [0, 0.05) is 46.0 Å². The first-order chi connectivity index (χ1) is 33.9. The van der Waals surface area contributed by atoms with Gasteiger partial charge in [-0.3, -0.25) is 10.8 Å². The smallest absolute Gasteiger partial charge is 0.134 e. The summed E-state index contributed by atoms with van der Waals surface area (Å²) in [6.45, 7) is 27.8. The van der Waals surface area contributed by atoms with Crippen LogP contribution >= 0.6 is 68.0 Å². The second kappa shape index (κ2) is 23.0. The number of thiophene rings is 4. The minimum atomic E-state index is -0.128. The van der Waals surface area contributed by atoms with Gasteiger partial charge in [-0.05, 0) is 134 Å². The van der Waals surface area contributed by atoms with Gasteiger partial charge in [0.25, 0.3) is 0 Å². The molecule has 1 aliphatic rings. The first-order valence-electron chi connectivity index (χ1n) is 26.7. The summed E-state index contributed by atoms with van der Waals surface area (Å²) in [4.78, 5) is 21.6. The van der Waals surface area contributed by atoms with Gasteiger partial charge in [-0.25, -0.2) is 9.97 Å². The molecule has 2 atom stereocenters. The van der Waals surface area contributed by atoms with Gasteiger partial charge in [0.15, 0.2) is 0 Å². The zero-order valence-electron chi connectivity index (χ0n) is 44.6. The molecule has 0 radical (unpaired) electrons. The van der Waals surface area contributed by atoms with Crippen molar-refractivity contribution in [1.82, 2.24) is 9.97 Å². The summed E-state index contributed by atoms with van der Waals surface area (Å²) < 4.78 is 2.37. The molecule has 0 fully saturated rings. The van der Waals surface area contributed by atoms with Crippen molar-refractivity contribution in [2.45, 2.75) is 172 Å². The lowest BCUT2D eigenvalue weighted by Gasteiger charge is -2.32. The van der Waals surface area contributed by atoms with Crippen LogP contribution in [0.1, 0.15) is 173 Å². The molecule has 378 valence electrons. The molecule has 1 aliphatic carbocycles. The van der Waals surface area contributed by atoms with E-state index in [2.05, 4.69) is 144 Å². The van der Waals surface area contributed by atoms with E-state index < -0.39 is 0 Å². The molecule has 2 N–H and O–H groups in total. The molecule has 0 amide bonds. The molecule has 6 heterocycles. The fourth-order valence-electron chi connectivity index (χ4n) is 9.84. The van der Waals surface area contributed by atoms with Crippen molar-refractivity contribution < 1.29 is 0 Å². The fraction of sp³-hybridized carbons (Fsp3) is 0.508. The third-order valence-electron chi connectivity index (χ3n) is 15.6. The van der Waals surface area contributed by atoms with Crippen LogP contribution in [0.25, 0.3) is 66.7 Å². The van der Waals surface area contributed by atoms with Crippen LogP contribution in [0, 0.1) is 39.9 Å². The van der Waals surface area contributed by atoms with Crippen molar-refractivity contribution in [1.29, 1.82) is 10.8 Å². The number of hydrogen-bond acceptors (Lipinski definition) is 10. The third kappa shape index (κ3) is 11.9. The maximum Gasteiger partial charge on any atom is 0.134 e. The normalized spacial score (nSPS) is 14.7. The molecular weight excluding hydrogens is 981 g/mol. The molecule has 0 aliphatic heterocycles. The molecule has 4 nitrogen and oxygen atoms in total. The minimum absolute atomic E-state index is 0.0681. The summed E-state index contributed by atoms with van der Waals surface area (Å²) in [7, 11) is 0. The Hall–Kier alpha value is -3.38. The topological polar surface area (TPSA) is 73.5 Å². The van der Waals surface area contributed by atoms with E-state index in [-0.39, 0.29) is 10.8 Å². The fourth-order valence-corrected chi connectivity index (χ4v) is 16.7. The number of hydrogen-bond donors (Lipinski definition) is 2. The van der Waals surface area contributed by atoms with Crippen LogP contribution in [0.3, 0.4) is 0 Å². The highest BCUT2D eigenvalue weighted by Gasteiger charge is 2.34. The monoisotopic (exact) mass is 1060 g/mol. The molecule has 10 heteroatoms. The molecule has 8 rings (SSSR count). The van der Waals surface area contributed by atoms with Crippen LogP contribution in [-0.2, 0) is 18.3 Å². The van der Waals surface area contributed by atoms with Crippen molar-refractivity contribution in [3.05, 3.63) is 85.8 Å². The number of fused-ring (bicyclic) bond motifs is 2. The Kier molecular flexibility index (Phi) is 17.5. The average molecular weight is 1060 g/mol. The second-order valence-corrected chi connectivity index (χ2v) is 28.9. The molecule has 1 aromatic carbocycles. The maximum absolute atomic E-state index is 9.36. The van der Waals surface area contributed by atoms with Gasteiger partial charge in [-0.2, -0.15) is 0 Å². The largest absolute Gasteiger partial charge is 0.298 e. The third-order valence-corrected chi connectivity index (χ3v) is 23.0. The van der Waals surface area contributed by atoms with E-state index in [1.165, 1.54) is 95.6 Å². The molecule has 0 spiro atoms. The molecule has 71 heavy (non-hydrogen) atoms. The zero-order chi connectivity index (χ0) is 50.8. The number of allylic oxidation sites excluding steroid dienone is 4. The Morgan fingerprint density at radius 3 is 1.46 bits per heavy atom. The minimum Gasteiger partial charge on any atom is -0.298 e. The van der Waals surface area contributed by atoms with Crippen LogP contribution in [0.4, 0.5) is 0 Å². The van der Waals surface area contributed by atoms with Gasteiger partial charge in [0.1, 0.15) is 10.0 Å². The number of thiazole rings is 2. The molecule has 0 saturated carbocycles. The van der Waals surface area contributed by atoms with Crippen LogP contribution in [0.5, 0.6) is 0 Å². The van der Waals surface area contributed by atoms with E-state index in [9.17, 15) is 10.8 Å². The average Bonchev–Trinajstić information content (AvgIpc) is 4.21. The van der Waals surface area contributed by atoms with E-state index >= 15 is 0 Å². The van der Waals surface area contributed by atoms with E-state index in [0.717, 1.165) is 103 Å². The summed E-state index contributed by atoms with van der Waals surface area (Å²) in [5, 5.41) is 20.8. The van der Waals surface area contributed by atoms with Gasteiger partial charge >= 0.3 is 0 Å². The standard InChI is InChI=1S/C61H78N4S6/c1-13-60(10,11)49-35-34-46(69-49)51-55-56(70-59(65-55)48-31-27-41(67-48)25-23-39(9)21-17-19-37(6)7)50(45-33-32-44(68-45)42-28-29-43(53(63)52(42)62)61(12,14-2)15-3)54-57(51)71-58(64-54)47-30-26-40(66-47)24-22-38(8)20-16-18-36(4)5/h26-39,62-63H,13-25H2,1-12H3. The highest BCUT2D eigenvalue weighted by Crippen LogP contribution is 2.54. The van der Waals surface area contributed by atoms with E-state index in [1.54, 1.807) is 11.3 Å². The van der Waals surface area contributed by atoms with E-state index in [1.807, 2.05) is 56.7 Å².